The molecule has 10 heteroatoms. The van der Waals surface area contributed by atoms with Crippen LogP contribution in [0.1, 0.15) is 52.8 Å². The first-order chi connectivity index (χ1) is 20.0. The van der Waals surface area contributed by atoms with Crippen LogP contribution in [0, 0.1) is 5.92 Å². The largest absolute Gasteiger partial charge is 0.493 e. The Balaban J connectivity index is 1.32. The van der Waals surface area contributed by atoms with Crippen molar-refractivity contribution in [1.29, 1.82) is 0 Å². The molecule has 10 nitrogen and oxygen atoms in total. The predicted octanol–water partition coefficient (Wildman–Crippen LogP) is 3.23. The molecule has 5 rings (SSSR count). The Hall–Kier alpha value is -3.79. The van der Waals surface area contributed by atoms with Crippen molar-refractivity contribution in [3.05, 3.63) is 47.5 Å². The average molecular weight is 564 g/mol. The highest BCUT2D eigenvalue weighted by Gasteiger charge is 2.28. The zero-order valence-electron chi connectivity index (χ0n) is 24.1. The summed E-state index contributed by atoms with van der Waals surface area (Å²) in [6.07, 6.45) is 5.12. The Morgan fingerprint density at radius 3 is 2.02 bits per heavy atom. The summed E-state index contributed by atoms with van der Waals surface area (Å²) >= 11 is 0. The maximum Gasteiger partial charge on any atom is 0.254 e. The van der Waals surface area contributed by atoms with Gasteiger partial charge in [0.1, 0.15) is 0 Å². The number of carbonyl (C=O) groups excluding carboxylic acids is 3. The van der Waals surface area contributed by atoms with Gasteiger partial charge in [-0.1, -0.05) is 19.3 Å². The molecule has 220 valence electrons. The zero-order valence-corrected chi connectivity index (χ0v) is 24.1. The fourth-order valence-corrected chi connectivity index (χ4v) is 6.00. The number of carbonyl (C=O) groups is 3. The molecule has 41 heavy (non-hydrogen) atoms. The number of nitrogens with one attached hydrogen (secondary N) is 2. The molecule has 0 aromatic heterocycles. The minimum absolute atomic E-state index is 0.0000772. The molecule has 2 aromatic carbocycles. The molecular weight excluding hydrogens is 522 g/mol. The second-order valence-electron chi connectivity index (χ2n) is 10.9. The third kappa shape index (κ3) is 6.59. The lowest BCUT2D eigenvalue weighted by molar-refractivity contribution is -0.120. The number of rotatable bonds is 7. The number of nitrogens with zero attached hydrogens (tertiary/aromatic N) is 3. The highest BCUT2D eigenvalue weighted by Crippen LogP contribution is 2.32. The number of hydrogen-bond acceptors (Lipinski definition) is 7. The monoisotopic (exact) mass is 563 g/mol. The predicted molar refractivity (Wildman–Crippen MR) is 158 cm³/mol. The van der Waals surface area contributed by atoms with Gasteiger partial charge in [-0.3, -0.25) is 14.4 Å². The number of hydrogen-bond donors (Lipinski definition) is 2. The van der Waals surface area contributed by atoms with Gasteiger partial charge in [0.05, 0.1) is 25.6 Å². The fourth-order valence-electron chi connectivity index (χ4n) is 6.00. The van der Waals surface area contributed by atoms with Crippen molar-refractivity contribution in [1.82, 2.24) is 15.1 Å². The molecular formula is C31H41N5O5. The number of piperazine rings is 2. The summed E-state index contributed by atoms with van der Waals surface area (Å²) in [5.41, 5.74) is 2.68. The van der Waals surface area contributed by atoms with E-state index >= 15 is 0 Å². The molecule has 0 atom stereocenters. The van der Waals surface area contributed by atoms with E-state index in [1.165, 1.54) is 6.42 Å². The minimum atomic E-state index is -0.0617. The normalized spacial score (nSPS) is 18.1. The third-order valence-electron chi connectivity index (χ3n) is 8.42. The van der Waals surface area contributed by atoms with Gasteiger partial charge in [0.25, 0.3) is 11.8 Å². The first kappa shape index (κ1) is 28.7. The van der Waals surface area contributed by atoms with Gasteiger partial charge in [-0.25, -0.2) is 0 Å². The topological polar surface area (TPSA) is 103 Å². The highest BCUT2D eigenvalue weighted by atomic mass is 16.5. The fraction of sp³-hybridized carbons (Fsp3) is 0.516. The quantitative estimate of drug-likeness (QED) is 0.533. The van der Waals surface area contributed by atoms with Gasteiger partial charge in [0.2, 0.25) is 5.91 Å². The Morgan fingerprint density at radius 2 is 1.37 bits per heavy atom. The van der Waals surface area contributed by atoms with Crippen LogP contribution in [0.2, 0.25) is 0 Å². The van der Waals surface area contributed by atoms with E-state index in [0.717, 1.165) is 44.5 Å². The average Bonchev–Trinajstić information content (AvgIpc) is 3.04. The lowest BCUT2D eigenvalue weighted by Gasteiger charge is -2.37. The van der Waals surface area contributed by atoms with Crippen LogP contribution in [0.5, 0.6) is 11.5 Å². The summed E-state index contributed by atoms with van der Waals surface area (Å²) < 4.78 is 10.7. The van der Waals surface area contributed by atoms with Gasteiger partial charge < -0.3 is 34.8 Å². The van der Waals surface area contributed by atoms with Gasteiger partial charge in [0.15, 0.2) is 11.5 Å². The first-order valence-electron chi connectivity index (χ1n) is 14.7. The molecule has 0 bridgehead atoms. The summed E-state index contributed by atoms with van der Waals surface area (Å²) in [6, 6.07) is 10.8. The second kappa shape index (κ2) is 13.2. The van der Waals surface area contributed by atoms with E-state index in [1.54, 1.807) is 32.4 Å². The van der Waals surface area contributed by atoms with Crippen LogP contribution in [0.15, 0.2) is 36.4 Å². The summed E-state index contributed by atoms with van der Waals surface area (Å²) in [6.45, 7) is 5.17. The molecule has 3 amide bonds. The number of anilines is 2. The number of ether oxygens (including phenoxy) is 2. The highest BCUT2D eigenvalue weighted by molar-refractivity contribution is 6.01. The molecule has 2 aromatic rings. The van der Waals surface area contributed by atoms with Gasteiger partial charge in [-0.05, 0) is 49.2 Å². The van der Waals surface area contributed by atoms with Crippen molar-refractivity contribution < 1.29 is 23.9 Å². The van der Waals surface area contributed by atoms with Gasteiger partial charge in [0, 0.05) is 69.4 Å². The van der Waals surface area contributed by atoms with Crippen molar-refractivity contribution >= 4 is 29.1 Å². The zero-order chi connectivity index (χ0) is 28.8. The van der Waals surface area contributed by atoms with Gasteiger partial charge >= 0.3 is 0 Å². The van der Waals surface area contributed by atoms with E-state index in [2.05, 4.69) is 15.5 Å². The summed E-state index contributed by atoms with van der Waals surface area (Å²) in [7, 11) is 3.12. The van der Waals surface area contributed by atoms with E-state index < -0.39 is 0 Å². The van der Waals surface area contributed by atoms with E-state index in [9.17, 15) is 14.4 Å². The van der Waals surface area contributed by atoms with Gasteiger partial charge in [-0.2, -0.15) is 0 Å². The molecule has 2 heterocycles. The van der Waals surface area contributed by atoms with Crippen molar-refractivity contribution in [2.24, 2.45) is 5.92 Å². The smallest absolute Gasteiger partial charge is 0.254 e. The molecule has 3 fully saturated rings. The Morgan fingerprint density at radius 1 is 0.756 bits per heavy atom. The molecule has 1 saturated carbocycles. The number of methoxy groups -OCH3 is 2. The van der Waals surface area contributed by atoms with Crippen LogP contribution in [-0.2, 0) is 4.79 Å². The summed E-state index contributed by atoms with van der Waals surface area (Å²) in [4.78, 5) is 45.7. The molecule has 0 unspecified atom stereocenters. The van der Waals surface area contributed by atoms with Crippen LogP contribution in [0.25, 0.3) is 0 Å². The van der Waals surface area contributed by atoms with Crippen LogP contribution < -0.4 is 25.0 Å². The van der Waals surface area contributed by atoms with Crippen molar-refractivity contribution in [3.8, 4) is 11.5 Å². The van der Waals surface area contributed by atoms with Crippen LogP contribution in [-0.4, -0.2) is 94.1 Å². The van der Waals surface area contributed by atoms with Crippen molar-refractivity contribution in [3.63, 3.8) is 0 Å². The standard InChI is InChI=1S/C31H41N5O5/c1-40-27-11-9-24(21-28(27)41-2)31(39)36-18-16-34(17-19-36)26-10-8-23(30(38)35-14-12-32-13-15-35)20-25(26)33-29(37)22-6-4-3-5-7-22/h8-11,20-22,32H,3-7,12-19H2,1-2H3,(H,33,37). The lowest BCUT2D eigenvalue weighted by Crippen LogP contribution is -2.49. The van der Waals surface area contributed by atoms with Crippen molar-refractivity contribution in [2.45, 2.75) is 32.1 Å². The van der Waals surface area contributed by atoms with Crippen molar-refractivity contribution in [2.75, 3.05) is 76.8 Å². The second-order valence-corrected chi connectivity index (χ2v) is 10.9. The maximum atomic E-state index is 13.3. The molecule has 0 radical (unpaired) electrons. The number of amides is 3. The van der Waals surface area contributed by atoms with Crippen LogP contribution in [0.4, 0.5) is 11.4 Å². The maximum absolute atomic E-state index is 13.3. The molecule has 3 aliphatic rings. The van der Waals surface area contributed by atoms with E-state index in [-0.39, 0.29) is 23.6 Å². The van der Waals surface area contributed by atoms with E-state index in [1.807, 2.05) is 28.0 Å². The van der Waals surface area contributed by atoms with Crippen LogP contribution >= 0.6 is 0 Å². The van der Waals surface area contributed by atoms with Gasteiger partial charge in [-0.15, -0.1) is 0 Å². The first-order valence-corrected chi connectivity index (χ1v) is 14.7. The summed E-state index contributed by atoms with van der Waals surface area (Å²) in [5.74, 6) is 1.05. The van der Waals surface area contributed by atoms with Crippen LogP contribution in [0.3, 0.4) is 0 Å². The van der Waals surface area contributed by atoms with E-state index in [4.69, 9.17) is 9.47 Å². The Labute approximate surface area is 241 Å². The Bertz CT molecular complexity index is 1250. The summed E-state index contributed by atoms with van der Waals surface area (Å²) in [5, 5.41) is 6.47. The van der Waals surface area contributed by atoms with E-state index in [0.29, 0.717) is 67.6 Å². The molecule has 2 N–H and O–H groups in total. The Kier molecular flexibility index (Phi) is 9.28. The molecule has 2 saturated heterocycles. The third-order valence-corrected chi connectivity index (χ3v) is 8.42. The minimum Gasteiger partial charge on any atom is -0.493 e. The SMILES string of the molecule is COc1ccc(C(=O)N2CCN(c3ccc(C(=O)N4CCNCC4)cc3NC(=O)C3CCCCC3)CC2)cc1OC. The molecule has 0 spiro atoms. The molecule has 2 aliphatic heterocycles. The number of benzene rings is 2. The lowest BCUT2D eigenvalue weighted by atomic mass is 9.88. The molecule has 1 aliphatic carbocycles.